The highest BCUT2D eigenvalue weighted by atomic mass is 16.5. The summed E-state index contributed by atoms with van der Waals surface area (Å²) in [5.41, 5.74) is 8.11. The zero-order valence-electron chi connectivity index (χ0n) is 10.3. The van der Waals surface area contributed by atoms with E-state index in [2.05, 4.69) is 10.1 Å². The van der Waals surface area contributed by atoms with Crippen LogP contribution in [0.5, 0.6) is 0 Å². The van der Waals surface area contributed by atoms with Crippen LogP contribution in [0.4, 0.5) is 0 Å². The molecular formula is C13H17N3O. The van der Waals surface area contributed by atoms with E-state index in [0.29, 0.717) is 11.7 Å². The molecule has 0 aliphatic carbocycles. The van der Waals surface area contributed by atoms with Gasteiger partial charge < -0.3 is 10.3 Å². The van der Waals surface area contributed by atoms with Gasteiger partial charge in [-0.25, -0.2) is 0 Å². The summed E-state index contributed by atoms with van der Waals surface area (Å²) in [5, 5.41) is 3.95. The van der Waals surface area contributed by atoms with Crippen LogP contribution in [0.15, 0.2) is 28.8 Å². The monoisotopic (exact) mass is 231 g/mol. The fourth-order valence-electron chi connectivity index (χ4n) is 1.48. The van der Waals surface area contributed by atoms with E-state index in [-0.39, 0.29) is 12.0 Å². The minimum absolute atomic E-state index is 0.207. The molecular weight excluding hydrogens is 214 g/mol. The van der Waals surface area contributed by atoms with E-state index in [0.717, 1.165) is 5.56 Å². The molecule has 0 bridgehead atoms. The third kappa shape index (κ3) is 2.53. The maximum atomic E-state index is 5.96. The SMILES string of the molecule is Cc1ccc(-c2noc(C(N)C(C)C)n2)cc1. The van der Waals surface area contributed by atoms with Crippen LogP contribution in [0.3, 0.4) is 0 Å². The summed E-state index contributed by atoms with van der Waals surface area (Å²) in [6, 6.07) is 7.79. The molecule has 0 saturated heterocycles. The van der Waals surface area contributed by atoms with Crippen LogP contribution in [0, 0.1) is 12.8 Å². The molecule has 17 heavy (non-hydrogen) atoms. The molecule has 0 aliphatic rings. The first-order valence-corrected chi connectivity index (χ1v) is 5.74. The number of nitrogens with two attached hydrogens (primary N) is 1. The fraction of sp³-hybridized carbons (Fsp3) is 0.385. The second-order valence-corrected chi connectivity index (χ2v) is 4.59. The number of hydrogen-bond donors (Lipinski definition) is 1. The molecule has 4 heteroatoms. The number of benzene rings is 1. The van der Waals surface area contributed by atoms with E-state index in [1.165, 1.54) is 5.56 Å². The van der Waals surface area contributed by atoms with Gasteiger partial charge in [-0.3, -0.25) is 0 Å². The van der Waals surface area contributed by atoms with Crippen LogP contribution in [0.2, 0.25) is 0 Å². The molecule has 1 aromatic heterocycles. The van der Waals surface area contributed by atoms with Crippen LogP contribution in [0.1, 0.15) is 31.3 Å². The first-order chi connectivity index (χ1) is 8.08. The Hall–Kier alpha value is -1.68. The van der Waals surface area contributed by atoms with Crippen molar-refractivity contribution >= 4 is 0 Å². The topological polar surface area (TPSA) is 64.9 Å². The van der Waals surface area contributed by atoms with Gasteiger partial charge in [-0.1, -0.05) is 48.8 Å². The Bertz CT molecular complexity index is 488. The summed E-state index contributed by atoms with van der Waals surface area (Å²) >= 11 is 0. The van der Waals surface area contributed by atoms with Crippen molar-refractivity contribution < 1.29 is 4.52 Å². The zero-order valence-corrected chi connectivity index (χ0v) is 10.3. The molecule has 1 heterocycles. The fourth-order valence-corrected chi connectivity index (χ4v) is 1.48. The Morgan fingerprint density at radius 3 is 2.41 bits per heavy atom. The predicted octanol–water partition coefficient (Wildman–Crippen LogP) is 2.70. The quantitative estimate of drug-likeness (QED) is 0.882. The smallest absolute Gasteiger partial charge is 0.244 e. The van der Waals surface area contributed by atoms with Gasteiger partial charge in [0, 0.05) is 5.56 Å². The maximum absolute atomic E-state index is 5.96. The van der Waals surface area contributed by atoms with Crippen molar-refractivity contribution in [1.29, 1.82) is 0 Å². The Labute approximate surface area is 101 Å². The van der Waals surface area contributed by atoms with Gasteiger partial charge in [0.1, 0.15) is 0 Å². The Morgan fingerprint density at radius 1 is 1.18 bits per heavy atom. The summed E-state index contributed by atoms with van der Waals surface area (Å²) in [4.78, 5) is 4.33. The van der Waals surface area contributed by atoms with Gasteiger partial charge in [0.05, 0.1) is 6.04 Å². The minimum Gasteiger partial charge on any atom is -0.337 e. The molecule has 0 aliphatic heterocycles. The van der Waals surface area contributed by atoms with Gasteiger partial charge >= 0.3 is 0 Å². The van der Waals surface area contributed by atoms with Gasteiger partial charge in [-0.2, -0.15) is 4.98 Å². The van der Waals surface area contributed by atoms with Gasteiger partial charge in [-0.15, -0.1) is 0 Å². The van der Waals surface area contributed by atoms with Gasteiger partial charge in [0.2, 0.25) is 11.7 Å². The van der Waals surface area contributed by atoms with Crippen LogP contribution >= 0.6 is 0 Å². The van der Waals surface area contributed by atoms with Crippen molar-refractivity contribution in [3.63, 3.8) is 0 Å². The van der Waals surface area contributed by atoms with Crippen LogP contribution < -0.4 is 5.73 Å². The van der Waals surface area contributed by atoms with E-state index in [9.17, 15) is 0 Å². The third-order valence-electron chi connectivity index (χ3n) is 2.75. The molecule has 0 saturated carbocycles. The molecule has 0 amide bonds. The summed E-state index contributed by atoms with van der Waals surface area (Å²) < 4.78 is 5.19. The first-order valence-electron chi connectivity index (χ1n) is 5.74. The van der Waals surface area contributed by atoms with Gasteiger partial charge in [0.25, 0.3) is 0 Å². The number of nitrogens with zero attached hydrogens (tertiary/aromatic N) is 2. The largest absolute Gasteiger partial charge is 0.337 e. The van der Waals surface area contributed by atoms with E-state index in [1.807, 2.05) is 45.0 Å². The molecule has 0 radical (unpaired) electrons. The highest BCUT2D eigenvalue weighted by molar-refractivity contribution is 5.54. The summed E-state index contributed by atoms with van der Waals surface area (Å²) in [5.74, 6) is 1.37. The van der Waals surface area contributed by atoms with Crippen molar-refractivity contribution in [2.75, 3.05) is 0 Å². The Balaban J connectivity index is 2.26. The molecule has 90 valence electrons. The number of rotatable bonds is 3. The molecule has 0 spiro atoms. The first kappa shape index (κ1) is 11.8. The molecule has 1 atom stereocenters. The van der Waals surface area contributed by atoms with E-state index >= 15 is 0 Å². The second kappa shape index (κ2) is 4.67. The Morgan fingerprint density at radius 2 is 1.82 bits per heavy atom. The third-order valence-corrected chi connectivity index (χ3v) is 2.75. The highest BCUT2D eigenvalue weighted by Crippen LogP contribution is 2.21. The van der Waals surface area contributed by atoms with Crippen molar-refractivity contribution in [2.45, 2.75) is 26.8 Å². The molecule has 4 nitrogen and oxygen atoms in total. The molecule has 1 unspecified atom stereocenters. The second-order valence-electron chi connectivity index (χ2n) is 4.59. The summed E-state index contributed by atoms with van der Waals surface area (Å²) in [6.07, 6.45) is 0. The minimum atomic E-state index is -0.207. The van der Waals surface area contributed by atoms with E-state index < -0.39 is 0 Å². The Kier molecular flexibility index (Phi) is 3.24. The molecule has 2 rings (SSSR count). The van der Waals surface area contributed by atoms with Crippen LogP contribution in [-0.4, -0.2) is 10.1 Å². The molecule has 2 aromatic rings. The molecule has 0 fully saturated rings. The lowest BCUT2D eigenvalue weighted by atomic mass is 10.1. The van der Waals surface area contributed by atoms with E-state index in [4.69, 9.17) is 10.3 Å². The van der Waals surface area contributed by atoms with Crippen LogP contribution in [0.25, 0.3) is 11.4 Å². The van der Waals surface area contributed by atoms with Crippen molar-refractivity contribution in [3.8, 4) is 11.4 Å². The van der Waals surface area contributed by atoms with E-state index in [1.54, 1.807) is 0 Å². The predicted molar refractivity (Wildman–Crippen MR) is 66.2 cm³/mol. The lowest BCUT2D eigenvalue weighted by Gasteiger charge is -2.09. The normalized spacial score (nSPS) is 13.0. The highest BCUT2D eigenvalue weighted by Gasteiger charge is 2.18. The standard InChI is InChI=1S/C13H17N3O/c1-8(2)11(14)13-15-12(16-17-13)10-6-4-9(3)5-7-10/h4-8,11H,14H2,1-3H3. The zero-order chi connectivity index (χ0) is 12.4. The molecule has 1 aromatic carbocycles. The maximum Gasteiger partial charge on any atom is 0.244 e. The van der Waals surface area contributed by atoms with Crippen LogP contribution in [-0.2, 0) is 0 Å². The van der Waals surface area contributed by atoms with Crippen molar-refractivity contribution in [2.24, 2.45) is 11.7 Å². The average Bonchev–Trinajstić information content (AvgIpc) is 2.78. The average molecular weight is 231 g/mol. The number of aromatic nitrogens is 2. The lowest BCUT2D eigenvalue weighted by molar-refractivity contribution is 0.325. The number of aryl methyl sites for hydroxylation is 1. The van der Waals surface area contributed by atoms with Crippen molar-refractivity contribution in [1.82, 2.24) is 10.1 Å². The van der Waals surface area contributed by atoms with Crippen molar-refractivity contribution in [3.05, 3.63) is 35.7 Å². The summed E-state index contributed by atoms with van der Waals surface area (Å²) in [7, 11) is 0. The van der Waals surface area contributed by atoms with Gasteiger partial charge in [-0.05, 0) is 12.8 Å². The molecule has 2 N–H and O–H groups in total. The number of hydrogen-bond acceptors (Lipinski definition) is 4. The summed E-state index contributed by atoms with van der Waals surface area (Å²) in [6.45, 7) is 6.10. The van der Waals surface area contributed by atoms with Gasteiger partial charge in [0.15, 0.2) is 0 Å². The lowest BCUT2D eigenvalue weighted by Crippen LogP contribution is -2.16.